The van der Waals surface area contributed by atoms with E-state index in [0.29, 0.717) is 38.7 Å². The normalized spacial score (nSPS) is 16.8. The number of hydrogen-bond donors (Lipinski definition) is 0. The lowest BCUT2D eigenvalue weighted by molar-refractivity contribution is -0.225. The molecule has 3 rings (SSSR count). The molecular formula is C26H31F3O3. The number of alkyl halides is 3. The molecule has 0 saturated heterocycles. The highest BCUT2D eigenvalue weighted by molar-refractivity contribution is 5.73. The van der Waals surface area contributed by atoms with Crippen molar-refractivity contribution in [3.63, 3.8) is 0 Å². The van der Waals surface area contributed by atoms with E-state index >= 15 is 0 Å². The Morgan fingerprint density at radius 3 is 2.56 bits per heavy atom. The van der Waals surface area contributed by atoms with Crippen molar-refractivity contribution in [1.29, 1.82) is 0 Å². The van der Waals surface area contributed by atoms with Crippen molar-refractivity contribution < 1.29 is 27.4 Å². The number of rotatable bonds is 10. The van der Waals surface area contributed by atoms with Gasteiger partial charge in [0.2, 0.25) is 0 Å². The van der Waals surface area contributed by atoms with Crippen molar-refractivity contribution in [2.24, 2.45) is 5.92 Å². The average molecular weight is 449 g/mol. The van der Waals surface area contributed by atoms with Gasteiger partial charge in [0.1, 0.15) is 12.4 Å². The minimum Gasteiger partial charge on any atom is -0.489 e. The first kappa shape index (κ1) is 24.1. The van der Waals surface area contributed by atoms with Crippen molar-refractivity contribution in [1.82, 2.24) is 0 Å². The molecule has 2 atom stereocenters. The Labute approximate surface area is 187 Å². The second-order valence-corrected chi connectivity index (χ2v) is 8.46. The quantitative estimate of drug-likeness (QED) is 0.296. The Hall–Kier alpha value is -2.50. The van der Waals surface area contributed by atoms with Gasteiger partial charge in [-0.25, -0.2) is 0 Å². The molecule has 0 spiro atoms. The molecule has 2 aromatic carbocycles. The maximum atomic E-state index is 13.3. The summed E-state index contributed by atoms with van der Waals surface area (Å²) in [6.07, 6.45) is -2.27. The van der Waals surface area contributed by atoms with Crippen molar-refractivity contribution >= 4 is 5.97 Å². The summed E-state index contributed by atoms with van der Waals surface area (Å²) in [6.45, 7) is 2.46. The van der Waals surface area contributed by atoms with Crippen molar-refractivity contribution in [3.8, 4) is 5.75 Å². The number of carbonyl (C=O) groups excluding carboxylic acids is 1. The first-order chi connectivity index (χ1) is 15.4. The minimum absolute atomic E-state index is 0.166. The molecule has 0 unspecified atom stereocenters. The predicted octanol–water partition coefficient (Wildman–Crippen LogP) is 6.82. The Kier molecular flexibility index (Phi) is 8.60. The summed E-state index contributed by atoms with van der Waals surface area (Å²) in [6, 6.07) is 15.6. The number of fused-ring (bicyclic) bond motifs is 1. The number of halogens is 3. The Balaban J connectivity index is 1.55. The van der Waals surface area contributed by atoms with Crippen LogP contribution in [0.1, 0.15) is 62.1 Å². The molecule has 174 valence electrons. The fourth-order valence-electron chi connectivity index (χ4n) is 4.05. The average Bonchev–Trinajstić information content (AvgIpc) is 2.79. The largest absolute Gasteiger partial charge is 0.489 e. The number of carbonyl (C=O) groups is 1. The van der Waals surface area contributed by atoms with Crippen LogP contribution in [0.3, 0.4) is 0 Å². The lowest BCUT2D eigenvalue weighted by atomic mass is 9.84. The van der Waals surface area contributed by atoms with Crippen LogP contribution < -0.4 is 4.74 Å². The van der Waals surface area contributed by atoms with E-state index in [2.05, 4.69) is 0 Å². The van der Waals surface area contributed by atoms with Crippen LogP contribution >= 0.6 is 0 Å². The number of aryl methyl sites for hydroxylation is 1. The molecular weight excluding hydrogens is 417 g/mol. The monoisotopic (exact) mass is 448 g/mol. The molecule has 0 bridgehead atoms. The van der Waals surface area contributed by atoms with Crippen molar-refractivity contribution in [2.45, 2.75) is 77.2 Å². The van der Waals surface area contributed by atoms with Gasteiger partial charge in [-0.15, -0.1) is 0 Å². The van der Waals surface area contributed by atoms with E-state index in [4.69, 9.17) is 9.47 Å². The summed E-state index contributed by atoms with van der Waals surface area (Å²) in [4.78, 5) is 12.5. The maximum Gasteiger partial charge on any atom is 0.425 e. The van der Waals surface area contributed by atoms with Gasteiger partial charge in [0.05, 0.1) is 5.92 Å². The first-order valence-corrected chi connectivity index (χ1v) is 11.4. The molecule has 1 aliphatic carbocycles. The molecule has 0 aliphatic heterocycles. The van der Waals surface area contributed by atoms with Gasteiger partial charge in [0.25, 0.3) is 0 Å². The second-order valence-electron chi connectivity index (χ2n) is 8.46. The van der Waals surface area contributed by atoms with Gasteiger partial charge in [-0.1, -0.05) is 62.6 Å². The molecule has 0 radical (unpaired) electrons. The number of hydrogen-bond acceptors (Lipinski definition) is 3. The van der Waals surface area contributed by atoms with Crippen LogP contribution in [0, 0.1) is 5.92 Å². The van der Waals surface area contributed by atoms with Crippen LogP contribution in [0.15, 0.2) is 48.5 Å². The molecule has 0 amide bonds. The Bertz CT molecular complexity index is 864. The molecule has 0 N–H and O–H groups in total. The molecule has 32 heavy (non-hydrogen) atoms. The summed E-state index contributed by atoms with van der Waals surface area (Å²) in [5.41, 5.74) is 3.12. The second kappa shape index (κ2) is 11.4. The van der Waals surface area contributed by atoms with Crippen LogP contribution in [-0.4, -0.2) is 18.2 Å². The SMILES string of the molecule is CCCCCC[C@@H](OC(=O)[C@@H]1CCc2cc(OCc3ccccc3)ccc2C1)C(F)(F)F. The van der Waals surface area contributed by atoms with Crippen LogP contribution in [0.4, 0.5) is 13.2 Å². The third-order valence-electron chi connectivity index (χ3n) is 5.93. The standard InChI is InChI=1S/C26H31F3O3/c1-2-3-4-8-11-24(26(27,28)29)32-25(30)22-13-12-21-17-23(15-14-20(21)16-22)31-18-19-9-6-5-7-10-19/h5-7,9-10,14-15,17,22,24H,2-4,8,11-13,16,18H2,1H3/t22-,24-/m1/s1. The van der Waals surface area contributed by atoms with Gasteiger partial charge < -0.3 is 9.47 Å². The van der Waals surface area contributed by atoms with Crippen molar-refractivity contribution in [2.75, 3.05) is 0 Å². The Morgan fingerprint density at radius 2 is 1.84 bits per heavy atom. The highest BCUT2D eigenvalue weighted by atomic mass is 19.4. The minimum atomic E-state index is -4.53. The van der Waals surface area contributed by atoms with Gasteiger partial charge >= 0.3 is 12.1 Å². The number of unbranched alkanes of at least 4 members (excludes halogenated alkanes) is 3. The van der Waals surface area contributed by atoms with Gasteiger partial charge in [-0.2, -0.15) is 13.2 Å². The molecule has 3 nitrogen and oxygen atoms in total. The van der Waals surface area contributed by atoms with Gasteiger partial charge in [0.15, 0.2) is 6.10 Å². The summed E-state index contributed by atoms with van der Waals surface area (Å²) in [5.74, 6) is -0.533. The zero-order valence-electron chi connectivity index (χ0n) is 18.5. The van der Waals surface area contributed by atoms with E-state index in [1.54, 1.807) is 0 Å². The van der Waals surface area contributed by atoms with E-state index in [9.17, 15) is 18.0 Å². The van der Waals surface area contributed by atoms with E-state index in [0.717, 1.165) is 35.3 Å². The van der Waals surface area contributed by atoms with E-state index in [1.807, 2.05) is 55.5 Å². The fourth-order valence-corrected chi connectivity index (χ4v) is 4.05. The van der Waals surface area contributed by atoms with E-state index in [1.165, 1.54) is 0 Å². The predicted molar refractivity (Wildman–Crippen MR) is 117 cm³/mol. The van der Waals surface area contributed by atoms with E-state index in [-0.39, 0.29) is 6.42 Å². The van der Waals surface area contributed by atoms with Crippen molar-refractivity contribution in [3.05, 3.63) is 65.2 Å². The van der Waals surface area contributed by atoms with Gasteiger partial charge in [0, 0.05) is 0 Å². The lowest BCUT2D eigenvalue weighted by Gasteiger charge is -2.27. The summed E-state index contributed by atoms with van der Waals surface area (Å²) in [5, 5.41) is 0. The molecule has 0 heterocycles. The number of benzene rings is 2. The van der Waals surface area contributed by atoms with Crippen LogP contribution in [0.5, 0.6) is 5.75 Å². The lowest BCUT2D eigenvalue weighted by Crippen LogP contribution is -2.37. The summed E-state index contributed by atoms with van der Waals surface area (Å²) in [7, 11) is 0. The molecule has 1 aliphatic rings. The first-order valence-electron chi connectivity index (χ1n) is 11.4. The third kappa shape index (κ3) is 7.01. The van der Waals surface area contributed by atoms with Crippen LogP contribution in [0.2, 0.25) is 0 Å². The highest BCUT2D eigenvalue weighted by Crippen LogP contribution is 2.32. The molecule has 0 saturated carbocycles. The third-order valence-corrected chi connectivity index (χ3v) is 5.93. The maximum absolute atomic E-state index is 13.3. The molecule has 0 fully saturated rings. The number of esters is 1. The van der Waals surface area contributed by atoms with Crippen LogP contribution in [0.25, 0.3) is 0 Å². The number of ether oxygens (including phenoxy) is 2. The summed E-state index contributed by atoms with van der Waals surface area (Å²) >= 11 is 0. The molecule has 2 aromatic rings. The molecule has 6 heteroatoms. The van der Waals surface area contributed by atoms with E-state index < -0.39 is 24.2 Å². The smallest absolute Gasteiger partial charge is 0.425 e. The van der Waals surface area contributed by atoms with Crippen LogP contribution in [-0.2, 0) is 29.0 Å². The van der Waals surface area contributed by atoms with Gasteiger partial charge in [-0.05, 0) is 60.9 Å². The fraction of sp³-hybridized carbons (Fsp3) is 0.500. The topological polar surface area (TPSA) is 35.5 Å². The van der Waals surface area contributed by atoms with Gasteiger partial charge in [-0.3, -0.25) is 4.79 Å². The highest BCUT2D eigenvalue weighted by Gasteiger charge is 2.43. The zero-order valence-corrected chi connectivity index (χ0v) is 18.5. The molecule has 0 aromatic heterocycles. The zero-order chi connectivity index (χ0) is 23.0. The Morgan fingerprint density at radius 1 is 1.06 bits per heavy atom. The summed E-state index contributed by atoms with van der Waals surface area (Å²) < 4.78 is 50.9.